The molecule has 0 atom stereocenters. The van der Waals surface area contributed by atoms with Crippen molar-refractivity contribution in [1.29, 1.82) is 5.41 Å². The van der Waals surface area contributed by atoms with Crippen LogP contribution >= 0.6 is 69.6 Å². The molecule has 3 N–H and O–H groups in total. The standard InChI is InChI=1S/C4H3Cl6N3/c5-3(6,7)1(11)13-2(12)4(8,9)10/h(H3,11,12,13). The molecule has 0 saturated heterocycles. The third-order valence-corrected chi connectivity index (χ3v) is 1.91. The predicted octanol–water partition coefficient (Wildman–Crippen LogP) is 3.06. The first kappa shape index (κ1) is 13.9. The van der Waals surface area contributed by atoms with E-state index in [1.54, 1.807) is 0 Å². The maximum Gasteiger partial charge on any atom is 0.249 e. The summed E-state index contributed by atoms with van der Waals surface area (Å²) < 4.78 is -3.90. The molecule has 0 radical (unpaired) electrons. The fourth-order valence-corrected chi connectivity index (χ4v) is 0.501. The highest BCUT2D eigenvalue weighted by atomic mass is 35.6. The minimum absolute atomic E-state index is 0.436. The molecule has 0 aromatic carbocycles. The van der Waals surface area contributed by atoms with Gasteiger partial charge in [-0.15, -0.1) is 0 Å². The molecule has 0 fully saturated rings. The Morgan fingerprint density at radius 3 is 1.62 bits per heavy atom. The van der Waals surface area contributed by atoms with Crippen LogP contribution in [0.4, 0.5) is 0 Å². The molecule has 0 spiro atoms. The highest BCUT2D eigenvalue weighted by Crippen LogP contribution is 2.30. The lowest BCUT2D eigenvalue weighted by Gasteiger charge is -2.12. The summed E-state index contributed by atoms with van der Waals surface area (Å²) in [5.41, 5.74) is 5.19. The molecule has 0 saturated carbocycles. The molecule has 0 aliphatic carbocycles. The van der Waals surface area contributed by atoms with Crippen molar-refractivity contribution < 1.29 is 0 Å². The minimum atomic E-state index is -1.99. The van der Waals surface area contributed by atoms with Gasteiger partial charge in [0, 0.05) is 0 Å². The largest absolute Gasteiger partial charge is 0.383 e. The zero-order chi connectivity index (χ0) is 10.9. The van der Waals surface area contributed by atoms with Crippen molar-refractivity contribution in [2.75, 3.05) is 0 Å². The van der Waals surface area contributed by atoms with E-state index in [0.717, 1.165) is 0 Å². The topological polar surface area (TPSA) is 62.2 Å². The number of nitrogens with zero attached hydrogens (tertiary/aromatic N) is 1. The molecule has 0 bridgehead atoms. The normalized spacial score (nSPS) is 14.5. The van der Waals surface area contributed by atoms with Gasteiger partial charge in [-0.25, -0.2) is 4.99 Å². The maximum absolute atomic E-state index is 7.11. The number of amidine groups is 2. The van der Waals surface area contributed by atoms with Gasteiger partial charge in [-0.1, -0.05) is 69.6 Å². The van der Waals surface area contributed by atoms with Crippen LogP contribution in [0.25, 0.3) is 0 Å². The van der Waals surface area contributed by atoms with Gasteiger partial charge >= 0.3 is 0 Å². The van der Waals surface area contributed by atoms with Crippen LogP contribution < -0.4 is 5.73 Å². The molecular formula is C4H3Cl6N3. The van der Waals surface area contributed by atoms with Gasteiger partial charge in [0.05, 0.1) is 0 Å². The first-order chi connectivity index (χ1) is 5.55. The number of rotatable bonds is 0. The first-order valence-electron chi connectivity index (χ1n) is 2.62. The van der Waals surface area contributed by atoms with Gasteiger partial charge in [0.25, 0.3) is 0 Å². The highest BCUT2D eigenvalue weighted by molar-refractivity contribution is 6.78. The van der Waals surface area contributed by atoms with Gasteiger partial charge in [0.2, 0.25) is 7.59 Å². The van der Waals surface area contributed by atoms with Gasteiger partial charge in [-0.2, -0.15) is 0 Å². The molecule has 0 amide bonds. The number of aliphatic imine (C=N–C) groups is 1. The van der Waals surface area contributed by atoms with E-state index >= 15 is 0 Å². The molecule has 0 aliphatic heterocycles. The molecule has 0 aliphatic rings. The number of halogens is 6. The molecule has 76 valence electrons. The number of alkyl halides is 6. The molecule has 9 heteroatoms. The summed E-state index contributed by atoms with van der Waals surface area (Å²) in [4.78, 5) is 3.31. The quantitative estimate of drug-likeness (QED) is 0.403. The van der Waals surface area contributed by atoms with Crippen LogP contribution in [0, 0.1) is 5.41 Å². The third kappa shape index (κ3) is 5.35. The minimum Gasteiger partial charge on any atom is -0.383 e. The molecule has 0 unspecified atom stereocenters. The van der Waals surface area contributed by atoms with E-state index < -0.39 is 19.3 Å². The Hall–Kier alpha value is 0.880. The second-order valence-corrected chi connectivity index (χ2v) is 6.40. The predicted molar refractivity (Wildman–Crippen MR) is 59.9 cm³/mol. The second kappa shape index (κ2) is 4.60. The van der Waals surface area contributed by atoms with E-state index in [1.165, 1.54) is 0 Å². The van der Waals surface area contributed by atoms with E-state index in [4.69, 9.17) is 80.7 Å². The molecule has 3 nitrogen and oxygen atoms in total. The number of hydrogen-bond donors (Lipinski definition) is 2. The summed E-state index contributed by atoms with van der Waals surface area (Å²) in [7, 11) is 0. The Labute approximate surface area is 105 Å². The Bertz CT molecular complexity index is 235. The van der Waals surface area contributed by atoms with E-state index in [2.05, 4.69) is 4.99 Å². The summed E-state index contributed by atoms with van der Waals surface area (Å²) in [6, 6.07) is 0. The van der Waals surface area contributed by atoms with E-state index in [9.17, 15) is 0 Å². The molecule has 0 aromatic heterocycles. The van der Waals surface area contributed by atoms with E-state index in [0.29, 0.717) is 0 Å². The van der Waals surface area contributed by atoms with E-state index in [1.807, 2.05) is 0 Å². The summed E-state index contributed by atoms with van der Waals surface area (Å²) in [6.07, 6.45) is 0. The van der Waals surface area contributed by atoms with E-state index in [-0.39, 0.29) is 0 Å². The Morgan fingerprint density at radius 1 is 1.00 bits per heavy atom. The van der Waals surface area contributed by atoms with Crippen molar-refractivity contribution in [2.45, 2.75) is 7.59 Å². The zero-order valence-corrected chi connectivity index (χ0v) is 10.3. The van der Waals surface area contributed by atoms with Crippen LogP contribution in [0.15, 0.2) is 4.99 Å². The molecule has 0 rings (SSSR count). The van der Waals surface area contributed by atoms with Gasteiger partial charge in [-0.3, -0.25) is 5.41 Å². The number of nitrogens with two attached hydrogens (primary N) is 1. The van der Waals surface area contributed by atoms with Crippen molar-refractivity contribution in [1.82, 2.24) is 0 Å². The Kier molecular flexibility index (Phi) is 4.91. The Morgan fingerprint density at radius 2 is 1.38 bits per heavy atom. The average molecular weight is 306 g/mol. The third-order valence-electron chi connectivity index (χ3n) is 0.791. The van der Waals surface area contributed by atoms with Crippen LogP contribution in [-0.2, 0) is 0 Å². The van der Waals surface area contributed by atoms with Gasteiger partial charge in [0.15, 0.2) is 11.7 Å². The molecule has 13 heavy (non-hydrogen) atoms. The molecular weight excluding hydrogens is 303 g/mol. The lowest BCUT2D eigenvalue weighted by molar-refractivity contribution is 1.30. The monoisotopic (exact) mass is 303 g/mol. The highest BCUT2D eigenvalue weighted by Gasteiger charge is 2.31. The second-order valence-electron chi connectivity index (χ2n) is 1.84. The zero-order valence-electron chi connectivity index (χ0n) is 5.79. The number of nitrogens with one attached hydrogen (secondary N) is 1. The maximum atomic E-state index is 7.11. The smallest absolute Gasteiger partial charge is 0.249 e. The van der Waals surface area contributed by atoms with Crippen LogP contribution in [0.2, 0.25) is 0 Å². The van der Waals surface area contributed by atoms with Gasteiger partial charge < -0.3 is 5.73 Å². The fraction of sp³-hybridized carbons (Fsp3) is 0.500. The van der Waals surface area contributed by atoms with Crippen molar-refractivity contribution in [3.8, 4) is 0 Å². The SMILES string of the molecule is N=C(N=C(N)C(Cl)(Cl)Cl)C(Cl)(Cl)Cl. The van der Waals surface area contributed by atoms with Crippen LogP contribution in [0.3, 0.4) is 0 Å². The number of hydrogen-bond acceptors (Lipinski definition) is 1. The Balaban J connectivity index is 4.70. The van der Waals surface area contributed by atoms with Gasteiger partial charge in [0.1, 0.15) is 0 Å². The molecule has 0 heterocycles. The van der Waals surface area contributed by atoms with Crippen molar-refractivity contribution in [2.24, 2.45) is 10.7 Å². The van der Waals surface area contributed by atoms with Crippen LogP contribution in [0.5, 0.6) is 0 Å². The fourth-order valence-electron chi connectivity index (χ4n) is 0.247. The van der Waals surface area contributed by atoms with Crippen molar-refractivity contribution >= 4 is 81.3 Å². The lowest BCUT2D eigenvalue weighted by atomic mass is 10.6. The summed E-state index contributed by atoms with van der Waals surface area (Å²) in [6.45, 7) is 0. The van der Waals surface area contributed by atoms with Crippen LogP contribution in [0.1, 0.15) is 0 Å². The van der Waals surface area contributed by atoms with Gasteiger partial charge in [-0.05, 0) is 0 Å². The summed E-state index contributed by atoms with van der Waals surface area (Å²) >= 11 is 31.9. The molecule has 0 aromatic rings. The summed E-state index contributed by atoms with van der Waals surface area (Å²) in [5.74, 6) is -1.06. The lowest BCUT2D eigenvalue weighted by Crippen LogP contribution is -2.31. The van der Waals surface area contributed by atoms with Crippen molar-refractivity contribution in [3.05, 3.63) is 0 Å². The average Bonchev–Trinajstić information content (AvgIpc) is 1.82. The first-order valence-corrected chi connectivity index (χ1v) is 4.89. The van der Waals surface area contributed by atoms with Crippen LogP contribution in [-0.4, -0.2) is 19.3 Å². The van der Waals surface area contributed by atoms with Crippen molar-refractivity contribution in [3.63, 3.8) is 0 Å². The summed E-state index contributed by atoms with van der Waals surface area (Å²) in [5, 5.41) is 7.11.